The van der Waals surface area contributed by atoms with Crippen LogP contribution in [0, 0.1) is 15.5 Å². The summed E-state index contributed by atoms with van der Waals surface area (Å²) >= 11 is 0. The van der Waals surface area contributed by atoms with E-state index in [0.29, 0.717) is 5.57 Å². The highest BCUT2D eigenvalue weighted by Crippen LogP contribution is 2.42. The lowest BCUT2D eigenvalue weighted by Gasteiger charge is -2.29. The minimum absolute atomic E-state index is 0.0237. The van der Waals surface area contributed by atoms with Gasteiger partial charge in [0.2, 0.25) is 0 Å². The van der Waals surface area contributed by atoms with E-state index in [0.717, 1.165) is 5.57 Å². The van der Waals surface area contributed by atoms with Gasteiger partial charge < -0.3 is 0 Å². The lowest BCUT2D eigenvalue weighted by Crippen LogP contribution is -2.31. The van der Waals surface area contributed by atoms with Crippen LogP contribution < -0.4 is 0 Å². The van der Waals surface area contributed by atoms with Crippen molar-refractivity contribution >= 4 is 5.78 Å². The van der Waals surface area contributed by atoms with Crippen LogP contribution >= 0.6 is 0 Å². The average Bonchev–Trinajstić information content (AvgIpc) is 2.11. The van der Waals surface area contributed by atoms with Crippen LogP contribution in [0.4, 0.5) is 0 Å². The smallest absolute Gasteiger partial charge is 0.262 e. The monoisotopic (exact) mass is 209 g/mol. The Kier molecular flexibility index (Phi) is 2.55. The maximum Gasteiger partial charge on any atom is 0.262 e. The van der Waals surface area contributed by atoms with Gasteiger partial charge in [0.05, 0.1) is 15.9 Å². The highest BCUT2D eigenvalue weighted by atomic mass is 16.6. The zero-order valence-corrected chi connectivity index (χ0v) is 9.67. The van der Waals surface area contributed by atoms with Gasteiger partial charge in [0.25, 0.3) is 5.70 Å². The third-order valence-electron chi connectivity index (χ3n) is 3.31. The maximum atomic E-state index is 11.7. The van der Waals surface area contributed by atoms with Gasteiger partial charge in [-0.15, -0.1) is 0 Å². The fourth-order valence-electron chi connectivity index (χ4n) is 2.04. The Bertz CT molecular complexity index is 414. The minimum Gasteiger partial charge on any atom is -0.289 e. The lowest BCUT2D eigenvalue weighted by atomic mass is 9.72. The lowest BCUT2D eigenvalue weighted by molar-refractivity contribution is -0.439. The molecule has 1 rings (SSSR count). The molecule has 4 heteroatoms. The number of rotatable bonds is 1. The normalized spacial score (nSPS) is 21.0. The molecule has 0 spiro atoms. The molecule has 1 aliphatic rings. The fraction of sp³-hybridized carbons (Fsp3) is 0.545. The first-order valence-electron chi connectivity index (χ1n) is 4.79. The molecule has 0 bridgehead atoms. The van der Waals surface area contributed by atoms with Crippen molar-refractivity contribution in [3.8, 4) is 0 Å². The van der Waals surface area contributed by atoms with Crippen LogP contribution in [-0.4, -0.2) is 10.7 Å². The summed E-state index contributed by atoms with van der Waals surface area (Å²) in [5, 5.41) is 11.0. The highest BCUT2D eigenvalue weighted by Gasteiger charge is 2.43. The second kappa shape index (κ2) is 3.29. The van der Waals surface area contributed by atoms with Crippen molar-refractivity contribution in [2.45, 2.75) is 34.6 Å². The molecule has 0 heterocycles. The molecule has 0 saturated heterocycles. The average molecular weight is 209 g/mol. The number of carbonyl (C=O) groups is 1. The van der Waals surface area contributed by atoms with Crippen LogP contribution in [-0.2, 0) is 4.79 Å². The van der Waals surface area contributed by atoms with Gasteiger partial charge in [0.1, 0.15) is 0 Å². The highest BCUT2D eigenvalue weighted by molar-refractivity contribution is 6.09. The zero-order chi connectivity index (χ0) is 12.0. The predicted octanol–water partition coefficient (Wildman–Crippen LogP) is 2.48. The molecule has 0 N–H and O–H groups in total. The summed E-state index contributed by atoms with van der Waals surface area (Å²) in [5.74, 6) is -0.210. The number of carbonyl (C=O) groups excluding carboxylic acids is 1. The van der Waals surface area contributed by atoms with Crippen LogP contribution in [0.3, 0.4) is 0 Å². The summed E-state index contributed by atoms with van der Waals surface area (Å²) < 4.78 is 0. The van der Waals surface area contributed by atoms with Gasteiger partial charge in [-0.05, 0) is 40.2 Å². The van der Waals surface area contributed by atoms with Gasteiger partial charge in [0, 0.05) is 0 Å². The van der Waals surface area contributed by atoms with Crippen molar-refractivity contribution in [1.29, 1.82) is 0 Å². The second-order valence-electron chi connectivity index (χ2n) is 4.43. The Hall–Kier alpha value is -1.45. The molecular weight excluding hydrogens is 194 g/mol. The van der Waals surface area contributed by atoms with Gasteiger partial charge >= 0.3 is 0 Å². The fourth-order valence-corrected chi connectivity index (χ4v) is 2.04. The second-order valence-corrected chi connectivity index (χ2v) is 4.43. The summed E-state index contributed by atoms with van der Waals surface area (Å²) in [6.45, 7) is 8.58. The Balaban J connectivity index is 3.51. The Morgan fingerprint density at radius 3 is 2.00 bits per heavy atom. The van der Waals surface area contributed by atoms with E-state index in [9.17, 15) is 14.9 Å². The molecule has 0 aliphatic heterocycles. The molecule has 15 heavy (non-hydrogen) atoms. The number of nitrogens with zero attached hydrogens (tertiary/aromatic N) is 1. The summed E-state index contributed by atoms with van der Waals surface area (Å²) in [7, 11) is 0. The Morgan fingerprint density at radius 1 is 1.13 bits per heavy atom. The molecule has 4 nitrogen and oxygen atoms in total. The summed E-state index contributed by atoms with van der Waals surface area (Å²) in [6.07, 6.45) is 0. The number of ketones is 1. The van der Waals surface area contributed by atoms with E-state index in [2.05, 4.69) is 0 Å². The largest absolute Gasteiger partial charge is 0.289 e. The molecule has 0 unspecified atom stereocenters. The molecule has 0 atom stereocenters. The van der Waals surface area contributed by atoms with E-state index in [4.69, 9.17) is 0 Å². The number of hydrogen-bond donors (Lipinski definition) is 0. The standard InChI is InChI=1S/C11H15NO3/c1-6-8(3)11(4,5)10(12(14)15)7(2)9(6)13/h1-5H3. The van der Waals surface area contributed by atoms with E-state index in [1.54, 1.807) is 27.7 Å². The van der Waals surface area contributed by atoms with Crippen molar-refractivity contribution in [3.63, 3.8) is 0 Å². The van der Waals surface area contributed by atoms with Gasteiger partial charge in [-0.2, -0.15) is 0 Å². The maximum absolute atomic E-state index is 11.7. The number of Topliss-reactive ketones (excluding diaryl/α,β-unsaturated/α-hetero) is 1. The predicted molar refractivity (Wildman–Crippen MR) is 56.9 cm³/mol. The molecule has 0 saturated carbocycles. The Morgan fingerprint density at radius 2 is 1.60 bits per heavy atom. The molecule has 0 aromatic rings. The SMILES string of the molecule is CC1=C(C)C(C)(C)C([N+](=O)[O-])=C(C)C1=O. The minimum atomic E-state index is -0.661. The van der Waals surface area contributed by atoms with Crippen LogP contribution in [0.15, 0.2) is 22.4 Å². The van der Waals surface area contributed by atoms with Crippen LogP contribution in [0.25, 0.3) is 0 Å². The zero-order valence-electron chi connectivity index (χ0n) is 9.67. The van der Waals surface area contributed by atoms with Crippen LogP contribution in [0.1, 0.15) is 34.6 Å². The molecule has 0 fully saturated rings. The molecule has 0 radical (unpaired) electrons. The number of hydrogen-bond acceptors (Lipinski definition) is 3. The van der Waals surface area contributed by atoms with Crippen molar-refractivity contribution in [1.82, 2.24) is 0 Å². The van der Waals surface area contributed by atoms with Gasteiger partial charge in [-0.3, -0.25) is 14.9 Å². The molecule has 0 amide bonds. The number of nitro groups is 1. The third kappa shape index (κ3) is 1.50. The van der Waals surface area contributed by atoms with Crippen molar-refractivity contribution in [3.05, 3.63) is 32.5 Å². The topological polar surface area (TPSA) is 60.2 Å². The van der Waals surface area contributed by atoms with Crippen molar-refractivity contribution < 1.29 is 9.72 Å². The first kappa shape index (κ1) is 11.6. The van der Waals surface area contributed by atoms with E-state index in [1.165, 1.54) is 6.92 Å². The van der Waals surface area contributed by atoms with Crippen molar-refractivity contribution in [2.24, 2.45) is 5.41 Å². The first-order valence-corrected chi connectivity index (χ1v) is 4.79. The summed E-state index contributed by atoms with van der Waals surface area (Å²) in [4.78, 5) is 22.2. The number of allylic oxidation sites excluding steroid dienone is 3. The van der Waals surface area contributed by atoms with Crippen molar-refractivity contribution in [2.75, 3.05) is 0 Å². The molecule has 1 aliphatic carbocycles. The Labute approximate surface area is 88.8 Å². The van der Waals surface area contributed by atoms with E-state index in [-0.39, 0.29) is 17.1 Å². The van der Waals surface area contributed by atoms with Gasteiger partial charge in [0.15, 0.2) is 5.78 Å². The van der Waals surface area contributed by atoms with Gasteiger partial charge in [-0.1, -0.05) is 5.57 Å². The molecular formula is C11H15NO3. The third-order valence-corrected chi connectivity index (χ3v) is 3.31. The molecule has 82 valence electrons. The van der Waals surface area contributed by atoms with Crippen LogP contribution in [0.5, 0.6) is 0 Å². The summed E-state index contributed by atoms with van der Waals surface area (Å²) in [6, 6.07) is 0. The van der Waals surface area contributed by atoms with E-state index in [1.807, 2.05) is 0 Å². The van der Waals surface area contributed by atoms with Gasteiger partial charge in [-0.25, -0.2) is 0 Å². The first-order chi connectivity index (χ1) is 6.71. The molecule has 0 aromatic heterocycles. The summed E-state index contributed by atoms with van der Waals surface area (Å²) in [5.41, 5.74) is 1.03. The van der Waals surface area contributed by atoms with E-state index >= 15 is 0 Å². The van der Waals surface area contributed by atoms with Crippen LogP contribution in [0.2, 0.25) is 0 Å². The molecule has 0 aromatic carbocycles. The van der Waals surface area contributed by atoms with E-state index < -0.39 is 10.3 Å². The quantitative estimate of drug-likeness (QED) is 0.492.